The van der Waals surface area contributed by atoms with Crippen molar-refractivity contribution in [1.82, 2.24) is 29.4 Å². The van der Waals surface area contributed by atoms with Gasteiger partial charge in [0.15, 0.2) is 0 Å². The predicted molar refractivity (Wildman–Crippen MR) is 329 cm³/mol. The van der Waals surface area contributed by atoms with Gasteiger partial charge >= 0.3 is 5.97 Å². The molecule has 4 aliphatic rings. The molecule has 0 bridgehead atoms. The van der Waals surface area contributed by atoms with Crippen molar-refractivity contribution >= 4 is 76.5 Å². The summed E-state index contributed by atoms with van der Waals surface area (Å²) in [5.41, 5.74) is 0. The number of morpholine rings is 1. The number of carbonyl (C=O) groups excluding carboxylic acids is 1. The molecule has 71 heavy (non-hydrogen) atoms. The van der Waals surface area contributed by atoms with Crippen molar-refractivity contribution in [3.8, 4) is 0 Å². The Morgan fingerprint density at radius 3 is 1.23 bits per heavy atom. The minimum Gasteiger partial charge on any atom is -1.00 e. The summed E-state index contributed by atoms with van der Waals surface area (Å²) in [4.78, 5) is 25.9. The zero-order chi connectivity index (χ0) is 54.6. The summed E-state index contributed by atoms with van der Waals surface area (Å²) in [5, 5.41) is 0. The summed E-state index contributed by atoms with van der Waals surface area (Å²) in [7, 11) is 14.5. The van der Waals surface area contributed by atoms with Crippen molar-refractivity contribution in [3.05, 3.63) is 0 Å². The van der Waals surface area contributed by atoms with Crippen LogP contribution in [0.25, 0.3) is 0 Å². The van der Waals surface area contributed by atoms with Crippen molar-refractivity contribution in [2.24, 2.45) is 0 Å². The lowest BCUT2D eigenvalue weighted by atomic mass is 10.2. The van der Waals surface area contributed by atoms with Gasteiger partial charge in [-0.3, -0.25) is 24.4 Å². The largest absolute Gasteiger partial charge is 1.00 e. The number of methoxy groups -OCH3 is 1. The minimum absolute atomic E-state index is 0. The van der Waals surface area contributed by atoms with Crippen LogP contribution in [0, 0.1) is 0 Å². The first kappa shape index (κ1) is 76.8. The van der Waals surface area contributed by atoms with E-state index < -0.39 is 0 Å². The van der Waals surface area contributed by atoms with E-state index in [4.69, 9.17) is 9.47 Å². The first-order valence-electron chi connectivity index (χ1n) is 26.2. The van der Waals surface area contributed by atoms with Crippen molar-refractivity contribution in [1.29, 1.82) is 0 Å². The number of halogens is 1. The maximum atomic E-state index is 11.5. The normalized spacial score (nSPS) is 19.3. The number of hydrogen-bond donors (Lipinski definition) is 0. The van der Waals surface area contributed by atoms with E-state index in [0.717, 1.165) is 67.8 Å². The van der Waals surface area contributed by atoms with Gasteiger partial charge in [0.05, 0.1) is 41.5 Å². The molecular weight excluding hydrogens is 1020 g/mol. The summed E-state index contributed by atoms with van der Waals surface area (Å²) >= 11 is 12.0. The van der Waals surface area contributed by atoms with E-state index in [0.29, 0.717) is 23.7 Å². The number of carbonyl (C=O) groups is 1. The van der Waals surface area contributed by atoms with Crippen molar-refractivity contribution in [2.75, 3.05) is 157 Å². The lowest BCUT2D eigenvalue weighted by molar-refractivity contribution is -0.857. The molecule has 0 N–H and O–H groups in total. The van der Waals surface area contributed by atoms with Crippen LogP contribution in [0.15, 0.2) is 0 Å². The molecule has 430 valence electrons. The van der Waals surface area contributed by atoms with Gasteiger partial charge in [0.25, 0.3) is 0 Å². The standard InChI is InChI=1S/C11H21NO2S.C10H22N2S.C9H19NOS.C9H19NS.C8H20NS.C7H17NS.ClH/c1-11(2,3)15-8-12-7-5-6-9(12)10(13)14-4;1-10(2,3)13-9-12-7-5-11(4)6-8-12;1-9(2,3)12-8-10-4-6-11-7-5-10;1-9(2,3)11-8-10-6-4-5-7-10;1-8(2,3)10-7-9(4,5)6;1-7(2,3)9-6-8(4)5;/h9H,5-8H2,1-4H3;5-9H2,1-4H3;4-8H2,1-3H3;4-8H2,1-3H3;7H2,1-6H3;6H2,1-5H3;1H/q;;;;+1;;/p-1. The Morgan fingerprint density at radius 1 is 0.535 bits per heavy atom. The average Bonchev–Trinajstić information content (AvgIpc) is 3.93. The number of thioether (sulfide) groups is 6. The first-order chi connectivity index (χ1) is 31.7. The highest BCUT2D eigenvalue weighted by Crippen LogP contribution is 2.30. The molecule has 4 aliphatic heterocycles. The second-order valence-electron chi connectivity index (χ2n) is 26.2. The first-order valence-corrected chi connectivity index (χ1v) is 32.1. The molecule has 0 saturated carbocycles. The Morgan fingerprint density at radius 2 is 0.901 bits per heavy atom. The third-order valence-corrected chi connectivity index (χ3v) is 18.8. The van der Waals surface area contributed by atoms with Gasteiger partial charge in [-0.15, -0.1) is 58.8 Å². The number of rotatable bonds is 13. The average molecular weight is 1140 g/mol. The van der Waals surface area contributed by atoms with Crippen LogP contribution in [-0.2, 0) is 14.3 Å². The molecule has 0 aromatic rings. The maximum Gasteiger partial charge on any atom is 0.323 e. The van der Waals surface area contributed by atoms with E-state index in [2.05, 4.69) is 208 Å². The number of piperazine rings is 1. The van der Waals surface area contributed by atoms with Crippen molar-refractivity contribution < 1.29 is 31.2 Å². The van der Waals surface area contributed by atoms with Crippen LogP contribution in [0.2, 0.25) is 0 Å². The lowest BCUT2D eigenvalue weighted by Gasteiger charge is -2.33. The van der Waals surface area contributed by atoms with Gasteiger partial charge in [-0.1, -0.05) is 136 Å². The highest BCUT2D eigenvalue weighted by molar-refractivity contribution is 8.01. The molecule has 0 radical (unpaired) electrons. The molecule has 4 rings (SSSR count). The van der Waals surface area contributed by atoms with E-state index in [1.807, 2.05) is 58.8 Å². The summed E-state index contributed by atoms with van der Waals surface area (Å²) in [6, 6.07) is -0.00940. The molecule has 0 aromatic carbocycles. The van der Waals surface area contributed by atoms with Gasteiger partial charge in [-0.25, -0.2) is 0 Å². The number of nitrogens with zero attached hydrogens (tertiary/aromatic N) is 7. The molecule has 4 saturated heterocycles. The molecular formula is C54H118ClN7O3S6. The second-order valence-corrected chi connectivity index (χ2v) is 36.8. The summed E-state index contributed by atoms with van der Waals surface area (Å²) in [6.07, 6.45) is 4.86. The van der Waals surface area contributed by atoms with Crippen LogP contribution >= 0.6 is 70.6 Å². The van der Waals surface area contributed by atoms with E-state index in [9.17, 15) is 4.79 Å². The molecule has 1 atom stereocenters. The zero-order valence-electron chi connectivity index (χ0n) is 51.1. The molecule has 17 heteroatoms. The maximum absolute atomic E-state index is 11.5. The van der Waals surface area contributed by atoms with Crippen molar-refractivity contribution in [3.63, 3.8) is 0 Å². The summed E-state index contributed by atoms with van der Waals surface area (Å²) < 4.78 is 13.4. The van der Waals surface area contributed by atoms with Crippen LogP contribution in [0.5, 0.6) is 0 Å². The van der Waals surface area contributed by atoms with E-state index >= 15 is 0 Å². The van der Waals surface area contributed by atoms with Gasteiger partial charge in [0.2, 0.25) is 0 Å². The predicted octanol–water partition coefficient (Wildman–Crippen LogP) is 9.44. The van der Waals surface area contributed by atoms with Gasteiger partial charge in [-0.05, 0) is 66.5 Å². The topological polar surface area (TPSA) is 55.0 Å². The third-order valence-electron chi connectivity index (χ3n) is 10.1. The quantitative estimate of drug-likeness (QED) is 0.100. The van der Waals surface area contributed by atoms with Crippen LogP contribution < -0.4 is 12.4 Å². The molecule has 0 aliphatic carbocycles. The van der Waals surface area contributed by atoms with E-state index in [-0.39, 0.29) is 29.2 Å². The fraction of sp³-hybridized carbons (Fsp3) is 0.981. The Balaban J connectivity index is -0.000000786. The third kappa shape index (κ3) is 54.7. The Labute approximate surface area is 475 Å². The Bertz CT molecular complexity index is 1280. The van der Waals surface area contributed by atoms with Crippen molar-refractivity contribution in [2.45, 2.75) is 185 Å². The van der Waals surface area contributed by atoms with Gasteiger partial charge in [0, 0.05) is 97.1 Å². The second kappa shape index (κ2) is 38.2. The van der Waals surface area contributed by atoms with Gasteiger partial charge in [-0.2, -0.15) is 0 Å². The molecule has 0 aromatic heterocycles. The van der Waals surface area contributed by atoms with Gasteiger partial charge < -0.3 is 36.2 Å². The molecule has 0 amide bonds. The van der Waals surface area contributed by atoms with E-state index in [1.165, 1.54) is 76.9 Å². The Hall–Kier alpha value is 1.54. The molecule has 0 spiro atoms. The van der Waals surface area contributed by atoms with E-state index in [1.54, 1.807) is 0 Å². The number of likely N-dealkylation sites (tertiary alicyclic amines) is 2. The lowest BCUT2D eigenvalue weighted by Crippen LogP contribution is -3.00. The number of hydrogen-bond acceptors (Lipinski definition) is 15. The zero-order valence-corrected chi connectivity index (χ0v) is 56.8. The smallest absolute Gasteiger partial charge is 0.323 e. The van der Waals surface area contributed by atoms with Crippen LogP contribution in [0.3, 0.4) is 0 Å². The molecule has 1 unspecified atom stereocenters. The minimum atomic E-state index is -0.0815. The van der Waals surface area contributed by atoms with Crippen LogP contribution in [-0.4, -0.2) is 231 Å². The SMILES string of the molecule is CC(C)(C)SCN1CCCC1.CC(C)(C)SCN1CCOCC1.CC(C)(C)SC[N+](C)(C)C.CN(C)CSC(C)(C)C.CN1CCN(CSC(C)(C)C)CC1.COC(=O)C1CCCN1CSC(C)(C)C.[Cl-]. The molecule has 4 fully saturated rings. The monoisotopic (exact) mass is 1140 g/mol. The molecule has 4 heterocycles. The number of quaternary nitrogens is 1. The fourth-order valence-electron chi connectivity index (χ4n) is 5.84. The highest BCUT2D eigenvalue weighted by atomic mass is 35.5. The van der Waals surface area contributed by atoms with Crippen LogP contribution in [0.4, 0.5) is 0 Å². The number of ether oxygens (including phenoxy) is 2. The molecule has 10 nitrogen and oxygen atoms in total. The Kier molecular flexibility index (Phi) is 41.3. The fourth-order valence-corrected chi connectivity index (χ4v) is 10.6. The van der Waals surface area contributed by atoms with Crippen LogP contribution in [0.1, 0.15) is 150 Å². The van der Waals surface area contributed by atoms with Gasteiger partial charge in [0.1, 0.15) is 11.9 Å². The number of esters is 1. The summed E-state index contributed by atoms with van der Waals surface area (Å²) in [6.45, 7) is 53.2. The number of likely N-dealkylation sites (N-methyl/N-ethyl adjacent to an activating group) is 1. The highest BCUT2D eigenvalue weighted by Gasteiger charge is 2.32. The summed E-state index contributed by atoms with van der Waals surface area (Å²) in [5.74, 6) is 6.70.